The second-order valence-corrected chi connectivity index (χ2v) is 6.99. The number of hydrogen-bond donors (Lipinski definition) is 1. The molecule has 0 unspecified atom stereocenters. The molecule has 2 rings (SSSR count). The van der Waals surface area contributed by atoms with Crippen molar-refractivity contribution < 1.29 is 19.1 Å². The minimum Gasteiger partial charge on any atom is -0.494 e. The maximum Gasteiger partial charge on any atom is 0.349 e. The van der Waals surface area contributed by atoms with Crippen LogP contribution >= 0.6 is 0 Å². The van der Waals surface area contributed by atoms with Crippen molar-refractivity contribution in [3.8, 4) is 11.8 Å². The highest BCUT2D eigenvalue weighted by Crippen LogP contribution is 2.18. The van der Waals surface area contributed by atoms with Crippen LogP contribution in [-0.4, -0.2) is 24.6 Å². The van der Waals surface area contributed by atoms with Crippen molar-refractivity contribution in [1.29, 1.82) is 5.26 Å². The van der Waals surface area contributed by atoms with Crippen molar-refractivity contribution in [3.63, 3.8) is 0 Å². The molecule has 0 aliphatic carbocycles. The van der Waals surface area contributed by atoms with Crippen molar-refractivity contribution in [3.05, 3.63) is 65.2 Å². The van der Waals surface area contributed by atoms with Crippen LogP contribution in [0.1, 0.15) is 44.7 Å². The van der Waals surface area contributed by atoms with Gasteiger partial charge < -0.3 is 14.8 Å². The monoisotopic (exact) mass is 406 g/mol. The van der Waals surface area contributed by atoms with E-state index in [0.29, 0.717) is 29.5 Å². The molecule has 0 aliphatic rings. The van der Waals surface area contributed by atoms with Gasteiger partial charge in [-0.1, -0.05) is 38.1 Å². The molecule has 1 N–H and O–H groups in total. The van der Waals surface area contributed by atoms with Crippen molar-refractivity contribution in [2.45, 2.75) is 39.7 Å². The lowest BCUT2D eigenvalue weighted by Gasteiger charge is -2.13. The number of nitrogens with one attached hydrogen (secondary N) is 1. The van der Waals surface area contributed by atoms with E-state index in [1.807, 2.05) is 37.3 Å². The van der Waals surface area contributed by atoms with E-state index in [9.17, 15) is 14.9 Å². The molecule has 0 saturated carbocycles. The maximum atomic E-state index is 12.3. The Hall–Kier alpha value is -3.59. The molecule has 0 heterocycles. The number of nitrogens with zero attached hydrogens (tertiary/aromatic N) is 1. The Kier molecular flexibility index (Phi) is 8.18. The van der Waals surface area contributed by atoms with Gasteiger partial charge in [0.1, 0.15) is 17.4 Å². The Morgan fingerprint density at radius 3 is 2.23 bits per heavy atom. The first-order valence-electron chi connectivity index (χ1n) is 9.80. The van der Waals surface area contributed by atoms with Gasteiger partial charge in [0, 0.05) is 5.69 Å². The Morgan fingerprint density at radius 1 is 1.07 bits per heavy atom. The molecular weight excluding hydrogens is 380 g/mol. The first-order valence-corrected chi connectivity index (χ1v) is 9.80. The van der Waals surface area contributed by atoms with Crippen LogP contribution in [0.5, 0.6) is 5.75 Å². The van der Waals surface area contributed by atoms with Gasteiger partial charge in [0.15, 0.2) is 6.10 Å². The van der Waals surface area contributed by atoms with Gasteiger partial charge >= 0.3 is 5.97 Å². The van der Waals surface area contributed by atoms with Crippen LogP contribution in [0.4, 0.5) is 5.69 Å². The summed E-state index contributed by atoms with van der Waals surface area (Å²) in [5.74, 6) is -0.260. The molecule has 2 aromatic rings. The van der Waals surface area contributed by atoms with Crippen LogP contribution in [0, 0.1) is 11.3 Å². The van der Waals surface area contributed by atoms with Crippen molar-refractivity contribution in [2.24, 2.45) is 0 Å². The lowest BCUT2D eigenvalue weighted by molar-refractivity contribution is -0.148. The molecule has 0 aromatic heterocycles. The second kappa shape index (κ2) is 10.8. The Morgan fingerprint density at radius 2 is 1.70 bits per heavy atom. The molecule has 6 nitrogen and oxygen atoms in total. The van der Waals surface area contributed by atoms with E-state index in [2.05, 4.69) is 19.2 Å². The van der Waals surface area contributed by atoms with E-state index in [1.165, 1.54) is 13.0 Å². The lowest BCUT2D eigenvalue weighted by atomic mass is 10.0. The summed E-state index contributed by atoms with van der Waals surface area (Å²) in [6, 6.07) is 16.3. The molecule has 0 saturated heterocycles. The predicted octanol–water partition coefficient (Wildman–Crippen LogP) is 4.69. The highest BCUT2D eigenvalue weighted by atomic mass is 16.5. The maximum absolute atomic E-state index is 12.3. The molecule has 2 aromatic carbocycles. The highest BCUT2D eigenvalue weighted by Gasteiger charge is 2.20. The predicted molar refractivity (Wildman–Crippen MR) is 116 cm³/mol. The summed E-state index contributed by atoms with van der Waals surface area (Å²) in [7, 11) is 0. The number of carbonyl (C=O) groups is 2. The summed E-state index contributed by atoms with van der Waals surface area (Å²) in [5.41, 5.74) is 2.24. The van der Waals surface area contributed by atoms with E-state index in [4.69, 9.17) is 9.47 Å². The fraction of sp³-hybridized carbons (Fsp3) is 0.292. The molecule has 30 heavy (non-hydrogen) atoms. The minimum atomic E-state index is -1.07. The molecule has 0 radical (unpaired) electrons. The normalized spacial score (nSPS) is 12.1. The van der Waals surface area contributed by atoms with Crippen LogP contribution in [0.25, 0.3) is 6.08 Å². The van der Waals surface area contributed by atoms with Crippen LogP contribution in [0.3, 0.4) is 0 Å². The van der Waals surface area contributed by atoms with Gasteiger partial charge in [0.2, 0.25) is 0 Å². The Bertz CT molecular complexity index is 939. The third kappa shape index (κ3) is 6.49. The first-order chi connectivity index (χ1) is 14.3. The van der Waals surface area contributed by atoms with Gasteiger partial charge in [-0.05, 0) is 61.2 Å². The molecule has 0 spiro atoms. The van der Waals surface area contributed by atoms with E-state index in [-0.39, 0.29) is 5.57 Å². The molecule has 0 aliphatic heterocycles. The average Bonchev–Trinajstić information content (AvgIpc) is 2.73. The van der Waals surface area contributed by atoms with Gasteiger partial charge in [-0.25, -0.2) is 4.79 Å². The zero-order chi connectivity index (χ0) is 22.1. The lowest BCUT2D eigenvalue weighted by Crippen LogP contribution is -2.30. The number of anilines is 1. The Balaban J connectivity index is 1.99. The number of carbonyl (C=O) groups excluding carboxylic acids is 2. The molecule has 1 amide bonds. The minimum absolute atomic E-state index is 0.173. The fourth-order valence-electron chi connectivity index (χ4n) is 2.60. The quantitative estimate of drug-likeness (QED) is 0.390. The number of amides is 1. The summed E-state index contributed by atoms with van der Waals surface area (Å²) in [5, 5.41) is 12.0. The fourth-order valence-corrected chi connectivity index (χ4v) is 2.60. The standard InChI is InChI=1S/C24H26N2O4/c1-5-29-22-12-10-21(11-13-22)26-23(27)17(4)30-24(28)20(15-25)14-18-6-8-19(9-7-18)16(2)3/h6-14,16-17H,5H2,1-4H3,(H,26,27)/b20-14+/t17-/m1/s1. The summed E-state index contributed by atoms with van der Waals surface area (Å²) >= 11 is 0. The summed E-state index contributed by atoms with van der Waals surface area (Å²) < 4.78 is 10.5. The average molecular weight is 406 g/mol. The van der Waals surface area contributed by atoms with Crippen molar-refractivity contribution in [2.75, 3.05) is 11.9 Å². The topological polar surface area (TPSA) is 88.4 Å². The molecule has 0 fully saturated rings. The van der Waals surface area contributed by atoms with Crippen molar-refractivity contribution in [1.82, 2.24) is 0 Å². The number of benzene rings is 2. The molecular formula is C24H26N2O4. The second-order valence-electron chi connectivity index (χ2n) is 6.99. The zero-order valence-electron chi connectivity index (χ0n) is 17.6. The summed E-state index contributed by atoms with van der Waals surface area (Å²) in [4.78, 5) is 24.6. The van der Waals surface area contributed by atoms with Gasteiger partial charge in [0.05, 0.1) is 6.61 Å². The third-order valence-corrected chi connectivity index (χ3v) is 4.34. The van der Waals surface area contributed by atoms with E-state index in [0.717, 1.165) is 5.56 Å². The van der Waals surface area contributed by atoms with Crippen LogP contribution in [-0.2, 0) is 14.3 Å². The van der Waals surface area contributed by atoms with E-state index >= 15 is 0 Å². The van der Waals surface area contributed by atoms with Crippen LogP contribution in [0.15, 0.2) is 54.1 Å². The van der Waals surface area contributed by atoms with Crippen LogP contribution in [0.2, 0.25) is 0 Å². The summed E-state index contributed by atoms with van der Waals surface area (Å²) in [6.45, 7) is 8.06. The zero-order valence-corrected chi connectivity index (χ0v) is 17.6. The molecule has 0 bridgehead atoms. The van der Waals surface area contributed by atoms with Gasteiger partial charge in [-0.15, -0.1) is 0 Å². The molecule has 156 valence electrons. The van der Waals surface area contributed by atoms with Gasteiger partial charge in [0.25, 0.3) is 5.91 Å². The molecule has 1 atom stereocenters. The number of ether oxygens (including phenoxy) is 2. The summed E-state index contributed by atoms with van der Waals surface area (Å²) in [6.07, 6.45) is 0.382. The number of esters is 1. The molecule has 6 heteroatoms. The number of nitriles is 1. The smallest absolute Gasteiger partial charge is 0.349 e. The number of hydrogen-bond acceptors (Lipinski definition) is 5. The van der Waals surface area contributed by atoms with E-state index < -0.39 is 18.0 Å². The van der Waals surface area contributed by atoms with Gasteiger partial charge in [-0.2, -0.15) is 5.26 Å². The SMILES string of the molecule is CCOc1ccc(NC(=O)[C@@H](C)OC(=O)/C(C#N)=C/c2ccc(C(C)C)cc2)cc1. The van der Waals surface area contributed by atoms with Crippen LogP contribution < -0.4 is 10.1 Å². The number of rotatable bonds is 8. The first kappa shape index (κ1) is 22.7. The Labute approximate surface area is 177 Å². The largest absolute Gasteiger partial charge is 0.494 e. The van der Waals surface area contributed by atoms with Crippen molar-refractivity contribution >= 4 is 23.6 Å². The van der Waals surface area contributed by atoms with Gasteiger partial charge in [-0.3, -0.25) is 4.79 Å². The highest BCUT2D eigenvalue weighted by molar-refractivity contribution is 6.01. The third-order valence-electron chi connectivity index (χ3n) is 4.34. The van der Waals surface area contributed by atoms with E-state index in [1.54, 1.807) is 24.3 Å².